The lowest BCUT2D eigenvalue weighted by molar-refractivity contribution is -0.113. The summed E-state index contributed by atoms with van der Waals surface area (Å²) < 4.78 is 15.4. The van der Waals surface area contributed by atoms with E-state index in [-0.39, 0.29) is 17.5 Å². The van der Waals surface area contributed by atoms with E-state index in [1.807, 2.05) is 7.05 Å². The third-order valence-corrected chi connectivity index (χ3v) is 6.01. The molecule has 0 fully saturated rings. The highest BCUT2D eigenvalue weighted by Crippen LogP contribution is 2.28. The second-order valence-electron chi connectivity index (χ2n) is 4.85. The molecule has 0 atom stereocenters. The average molecular weight is 396 g/mol. The van der Waals surface area contributed by atoms with Crippen LogP contribution in [-0.2, 0) is 17.6 Å². The van der Waals surface area contributed by atoms with Gasteiger partial charge in [0.1, 0.15) is 12.1 Å². The molecule has 0 spiro atoms. The molecule has 0 radical (unpaired) electrons. The normalized spacial score (nSPS) is 10.8. The summed E-state index contributed by atoms with van der Waals surface area (Å²) in [5.74, 6) is 0.433. The standard InChI is InChI=1S/C14H13FN6OS3/c1-21-8-16-19-13(21)23-7-11(22)17-12-18-20-14(25-12)24-6-9-2-4-10(15)5-3-9/h2-5,8H,6-7H2,1H3,(H,17,18,22). The van der Waals surface area contributed by atoms with E-state index in [0.717, 1.165) is 9.90 Å². The maximum atomic E-state index is 12.9. The number of anilines is 1. The molecule has 1 aromatic carbocycles. The lowest BCUT2D eigenvalue weighted by atomic mass is 10.2. The minimum Gasteiger partial charge on any atom is -0.312 e. The highest BCUT2D eigenvalue weighted by Gasteiger charge is 2.11. The zero-order valence-corrected chi connectivity index (χ0v) is 15.5. The molecular formula is C14H13FN6OS3. The molecule has 0 bridgehead atoms. The van der Waals surface area contributed by atoms with Crippen molar-refractivity contribution < 1.29 is 9.18 Å². The Morgan fingerprint density at radius 2 is 2.04 bits per heavy atom. The van der Waals surface area contributed by atoms with E-state index in [2.05, 4.69) is 25.7 Å². The summed E-state index contributed by atoms with van der Waals surface area (Å²) in [6.45, 7) is 0. The minimum atomic E-state index is -0.256. The van der Waals surface area contributed by atoms with Gasteiger partial charge in [0.05, 0.1) is 5.75 Å². The lowest BCUT2D eigenvalue weighted by Crippen LogP contribution is -2.14. The number of carbonyl (C=O) groups is 1. The summed E-state index contributed by atoms with van der Waals surface area (Å²) in [6, 6.07) is 6.32. The zero-order chi connectivity index (χ0) is 17.6. The van der Waals surface area contributed by atoms with Crippen LogP contribution in [0, 0.1) is 5.82 Å². The van der Waals surface area contributed by atoms with Crippen molar-refractivity contribution in [2.75, 3.05) is 11.1 Å². The molecule has 2 aromatic heterocycles. The average Bonchev–Trinajstić information content (AvgIpc) is 3.21. The molecule has 2 heterocycles. The summed E-state index contributed by atoms with van der Waals surface area (Å²) in [5, 5.41) is 19.5. The number of amides is 1. The molecule has 3 aromatic rings. The van der Waals surface area contributed by atoms with Crippen LogP contribution in [0.25, 0.3) is 0 Å². The highest BCUT2D eigenvalue weighted by molar-refractivity contribution is 8.00. The monoisotopic (exact) mass is 396 g/mol. The van der Waals surface area contributed by atoms with Gasteiger partial charge in [0.25, 0.3) is 0 Å². The summed E-state index contributed by atoms with van der Waals surface area (Å²) >= 11 is 4.08. The zero-order valence-electron chi connectivity index (χ0n) is 13.0. The first kappa shape index (κ1) is 17.8. The smallest absolute Gasteiger partial charge is 0.236 e. The van der Waals surface area contributed by atoms with Crippen LogP contribution in [0.1, 0.15) is 5.56 Å². The fourth-order valence-electron chi connectivity index (χ4n) is 1.73. The summed E-state index contributed by atoms with van der Waals surface area (Å²) in [7, 11) is 1.82. The number of nitrogens with one attached hydrogen (secondary N) is 1. The van der Waals surface area contributed by atoms with E-state index in [9.17, 15) is 9.18 Å². The summed E-state index contributed by atoms with van der Waals surface area (Å²) in [4.78, 5) is 11.9. The van der Waals surface area contributed by atoms with Gasteiger partial charge in [-0.15, -0.1) is 20.4 Å². The van der Waals surface area contributed by atoms with Crippen LogP contribution < -0.4 is 5.32 Å². The number of hydrogen-bond acceptors (Lipinski definition) is 8. The van der Waals surface area contributed by atoms with Crippen molar-refractivity contribution >= 4 is 45.9 Å². The largest absolute Gasteiger partial charge is 0.312 e. The number of halogens is 1. The van der Waals surface area contributed by atoms with E-state index < -0.39 is 0 Å². The van der Waals surface area contributed by atoms with E-state index in [0.29, 0.717) is 16.0 Å². The van der Waals surface area contributed by atoms with Crippen molar-refractivity contribution in [1.82, 2.24) is 25.0 Å². The Morgan fingerprint density at radius 3 is 2.76 bits per heavy atom. The van der Waals surface area contributed by atoms with E-state index in [1.54, 1.807) is 23.0 Å². The van der Waals surface area contributed by atoms with Crippen molar-refractivity contribution in [2.45, 2.75) is 15.2 Å². The van der Waals surface area contributed by atoms with Crippen LogP contribution in [-0.4, -0.2) is 36.6 Å². The first-order valence-electron chi connectivity index (χ1n) is 7.07. The Balaban J connectivity index is 1.46. The number of aryl methyl sites for hydroxylation is 1. The predicted molar refractivity (Wildman–Crippen MR) is 96.2 cm³/mol. The molecule has 0 aliphatic rings. The Morgan fingerprint density at radius 1 is 1.24 bits per heavy atom. The molecule has 3 rings (SSSR count). The maximum absolute atomic E-state index is 12.9. The van der Waals surface area contributed by atoms with Gasteiger partial charge in [0.2, 0.25) is 11.0 Å². The van der Waals surface area contributed by atoms with Gasteiger partial charge >= 0.3 is 0 Å². The van der Waals surface area contributed by atoms with Crippen LogP contribution in [0.3, 0.4) is 0 Å². The Kier molecular flexibility index (Phi) is 6.00. The summed E-state index contributed by atoms with van der Waals surface area (Å²) in [6.07, 6.45) is 1.58. The molecule has 1 amide bonds. The highest BCUT2D eigenvalue weighted by atomic mass is 32.2. The van der Waals surface area contributed by atoms with Gasteiger partial charge in [-0.1, -0.05) is 47.0 Å². The Labute approximate surface area is 155 Å². The third kappa shape index (κ3) is 5.25. The molecule has 25 heavy (non-hydrogen) atoms. The van der Waals surface area contributed by atoms with Crippen LogP contribution in [0.15, 0.2) is 40.1 Å². The molecule has 1 N–H and O–H groups in total. The van der Waals surface area contributed by atoms with Gasteiger partial charge in [0, 0.05) is 12.8 Å². The molecule has 0 aliphatic carbocycles. The minimum absolute atomic E-state index is 0.181. The topological polar surface area (TPSA) is 85.6 Å². The van der Waals surface area contributed by atoms with Gasteiger partial charge < -0.3 is 4.57 Å². The molecule has 0 aliphatic heterocycles. The molecule has 0 saturated carbocycles. The van der Waals surface area contributed by atoms with Crippen molar-refractivity contribution in [2.24, 2.45) is 7.05 Å². The van der Waals surface area contributed by atoms with Crippen LogP contribution >= 0.6 is 34.9 Å². The number of nitrogens with zero attached hydrogens (tertiary/aromatic N) is 5. The first-order chi connectivity index (χ1) is 12.1. The lowest BCUT2D eigenvalue weighted by Gasteiger charge is -2.00. The number of thioether (sulfide) groups is 2. The fraction of sp³-hybridized carbons (Fsp3) is 0.214. The van der Waals surface area contributed by atoms with Crippen molar-refractivity contribution in [3.63, 3.8) is 0 Å². The van der Waals surface area contributed by atoms with E-state index in [1.165, 1.54) is 47.0 Å². The number of aromatic nitrogens is 5. The molecule has 0 saturated heterocycles. The van der Waals surface area contributed by atoms with Gasteiger partial charge in [-0.2, -0.15) is 0 Å². The maximum Gasteiger partial charge on any atom is 0.236 e. The SMILES string of the molecule is Cn1cnnc1SCC(=O)Nc1nnc(SCc2ccc(F)cc2)s1. The van der Waals surface area contributed by atoms with E-state index >= 15 is 0 Å². The summed E-state index contributed by atoms with van der Waals surface area (Å²) in [5.41, 5.74) is 0.993. The van der Waals surface area contributed by atoms with E-state index in [4.69, 9.17) is 0 Å². The first-order valence-corrected chi connectivity index (χ1v) is 9.86. The van der Waals surface area contributed by atoms with Crippen LogP contribution in [0.2, 0.25) is 0 Å². The Bertz CT molecular complexity index is 850. The Hall–Kier alpha value is -1.98. The predicted octanol–water partition coefficient (Wildman–Crippen LogP) is 2.83. The number of benzene rings is 1. The number of carbonyl (C=O) groups excluding carboxylic acids is 1. The molecule has 7 nitrogen and oxygen atoms in total. The molecule has 11 heteroatoms. The van der Waals surface area contributed by atoms with Gasteiger partial charge in [-0.05, 0) is 17.7 Å². The quantitative estimate of drug-likeness (QED) is 0.485. The van der Waals surface area contributed by atoms with Crippen LogP contribution in [0.5, 0.6) is 0 Å². The second-order valence-corrected chi connectivity index (χ2v) is 7.99. The van der Waals surface area contributed by atoms with Gasteiger partial charge in [-0.25, -0.2) is 4.39 Å². The fourth-order valence-corrected chi connectivity index (χ4v) is 4.15. The third-order valence-electron chi connectivity index (χ3n) is 2.93. The second kappa shape index (κ2) is 8.41. The number of hydrogen-bond donors (Lipinski definition) is 1. The molecule has 0 unspecified atom stereocenters. The van der Waals surface area contributed by atoms with Gasteiger partial charge in [-0.3, -0.25) is 10.1 Å². The van der Waals surface area contributed by atoms with Crippen molar-refractivity contribution in [1.29, 1.82) is 0 Å². The molecular weight excluding hydrogens is 383 g/mol. The number of rotatable bonds is 7. The van der Waals surface area contributed by atoms with Crippen molar-refractivity contribution in [3.05, 3.63) is 42.0 Å². The van der Waals surface area contributed by atoms with Gasteiger partial charge in [0.15, 0.2) is 9.50 Å². The van der Waals surface area contributed by atoms with Crippen LogP contribution in [0.4, 0.5) is 9.52 Å². The van der Waals surface area contributed by atoms with Crippen molar-refractivity contribution in [3.8, 4) is 0 Å². The molecule has 130 valence electrons.